The summed E-state index contributed by atoms with van der Waals surface area (Å²) in [5.74, 6) is 0.526. The number of nitrogens with one attached hydrogen (secondary N) is 1. The van der Waals surface area contributed by atoms with E-state index in [9.17, 15) is 9.59 Å². The van der Waals surface area contributed by atoms with Crippen LogP contribution in [0.1, 0.15) is 12.5 Å². The van der Waals surface area contributed by atoms with Crippen molar-refractivity contribution >= 4 is 44.9 Å². The van der Waals surface area contributed by atoms with Crippen molar-refractivity contribution < 1.29 is 9.53 Å². The van der Waals surface area contributed by atoms with E-state index in [2.05, 4.69) is 10.3 Å². The van der Waals surface area contributed by atoms with Crippen molar-refractivity contribution in [1.82, 2.24) is 9.55 Å². The molecular weight excluding hydrogens is 430 g/mol. The second kappa shape index (κ2) is 9.36. The summed E-state index contributed by atoms with van der Waals surface area (Å²) in [5.41, 5.74) is 2.92. The van der Waals surface area contributed by atoms with E-state index in [4.69, 9.17) is 4.74 Å². The van der Waals surface area contributed by atoms with Gasteiger partial charge in [0.1, 0.15) is 10.4 Å². The molecule has 0 unspecified atom stereocenters. The number of hydrogen-bond donors (Lipinski definition) is 1. The lowest BCUT2D eigenvalue weighted by atomic mass is 10.1. The van der Waals surface area contributed by atoms with Crippen molar-refractivity contribution in [1.29, 1.82) is 0 Å². The van der Waals surface area contributed by atoms with Crippen LogP contribution >= 0.6 is 23.1 Å². The third-order valence-corrected chi connectivity index (χ3v) is 6.61. The minimum absolute atomic E-state index is 0.120. The van der Waals surface area contributed by atoms with Crippen molar-refractivity contribution in [2.45, 2.75) is 18.5 Å². The number of carbonyl (C=O) groups excluding carboxylic acids is 1. The molecule has 0 aliphatic carbocycles. The molecule has 2 aromatic heterocycles. The molecule has 0 saturated heterocycles. The summed E-state index contributed by atoms with van der Waals surface area (Å²) in [4.78, 5) is 30.6. The molecule has 8 heteroatoms. The number of ether oxygens (including phenoxy) is 1. The van der Waals surface area contributed by atoms with Gasteiger partial charge in [-0.2, -0.15) is 0 Å². The van der Waals surface area contributed by atoms with Gasteiger partial charge >= 0.3 is 0 Å². The van der Waals surface area contributed by atoms with Gasteiger partial charge < -0.3 is 10.1 Å². The fraction of sp³-hybridized carbons (Fsp3) is 0.174. The van der Waals surface area contributed by atoms with E-state index in [1.54, 1.807) is 13.2 Å². The largest absolute Gasteiger partial charge is 0.495 e. The first-order valence-electron chi connectivity index (χ1n) is 9.76. The molecule has 4 aromatic rings. The highest BCUT2D eigenvalue weighted by Gasteiger charge is 2.18. The number of nitrogens with zero attached hydrogens (tertiary/aromatic N) is 2. The molecule has 31 heavy (non-hydrogen) atoms. The van der Waals surface area contributed by atoms with E-state index in [0.29, 0.717) is 26.8 Å². The van der Waals surface area contributed by atoms with Crippen molar-refractivity contribution in [3.8, 4) is 11.4 Å². The zero-order valence-corrected chi connectivity index (χ0v) is 18.8. The predicted octanol–water partition coefficient (Wildman–Crippen LogP) is 4.75. The average molecular weight is 452 g/mol. The second-order valence-corrected chi connectivity index (χ2v) is 8.55. The SMILES string of the molecule is CCc1ccccc1NC(=O)CSc1nc2ccsc2c(=O)n1-c1ccccc1OC. The number of benzene rings is 2. The summed E-state index contributed by atoms with van der Waals surface area (Å²) in [6, 6.07) is 16.8. The van der Waals surface area contributed by atoms with E-state index >= 15 is 0 Å². The zero-order chi connectivity index (χ0) is 21.8. The van der Waals surface area contributed by atoms with Crippen LogP contribution in [-0.2, 0) is 11.2 Å². The van der Waals surface area contributed by atoms with Gasteiger partial charge in [0, 0.05) is 5.69 Å². The Labute approximate surface area is 187 Å². The smallest absolute Gasteiger partial charge is 0.276 e. The zero-order valence-electron chi connectivity index (χ0n) is 17.1. The molecule has 2 heterocycles. The Morgan fingerprint density at radius 2 is 1.94 bits per heavy atom. The molecule has 1 N–H and O–H groups in total. The molecule has 2 aromatic carbocycles. The maximum absolute atomic E-state index is 13.3. The summed E-state index contributed by atoms with van der Waals surface area (Å²) >= 11 is 2.57. The van der Waals surface area contributed by atoms with Gasteiger partial charge in [-0.05, 0) is 41.6 Å². The Morgan fingerprint density at radius 1 is 1.16 bits per heavy atom. The summed E-state index contributed by atoms with van der Waals surface area (Å²) in [5, 5.41) is 5.25. The van der Waals surface area contributed by atoms with Crippen molar-refractivity contribution in [2.75, 3.05) is 18.2 Å². The van der Waals surface area contributed by atoms with Gasteiger partial charge in [0.05, 0.1) is 24.1 Å². The number of methoxy groups -OCH3 is 1. The van der Waals surface area contributed by atoms with Gasteiger partial charge in [-0.25, -0.2) is 4.98 Å². The van der Waals surface area contributed by atoms with Crippen LogP contribution in [0.25, 0.3) is 15.9 Å². The highest BCUT2D eigenvalue weighted by Crippen LogP contribution is 2.28. The van der Waals surface area contributed by atoms with Crippen LogP contribution in [0.3, 0.4) is 0 Å². The van der Waals surface area contributed by atoms with E-state index in [0.717, 1.165) is 17.7 Å². The third-order valence-electron chi connectivity index (χ3n) is 4.78. The number of aromatic nitrogens is 2. The third kappa shape index (κ3) is 4.35. The molecule has 0 atom stereocenters. The van der Waals surface area contributed by atoms with Gasteiger partial charge in [-0.3, -0.25) is 14.2 Å². The van der Waals surface area contributed by atoms with E-state index < -0.39 is 0 Å². The quantitative estimate of drug-likeness (QED) is 0.324. The molecule has 0 aliphatic heterocycles. The topological polar surface area (TPSA) is 73.2 Å². The number of amides is 1. The number of para-hydroxylation sites is 3. The van der Waals surface area contributed by atoms with Crippen LogP contribution in [0.4, 0.5) is 5.69 Å². The monoisotopic (exact) mass is 451 g/mol. The molecule has 0 spiro atoms. The molecule has 0 bridgehead atoms. The summed E-state index contributed by atoms with van der Waals surface area (Å²) < 4.78 is 7.55. The Kier molecular flexibility index (Phi) is 6.39. The lowest BCUT2D eigenvalue weighted by molar-refractivity contribution is -0.113. The molecule has 0 fully saturated rings. The van der Waals surface area contributed by atoms with Crippen LogP contribution < -0.4 is 15.6 Å². The van der Waals surface area contributed by atoms with Crippen LogP contribution in [0.5, 0.6) is 5.75 Å². The standard InChI is InChI=1S/C23H21N3O3S2/c1-3-15-8-4-5-9-16(15)24-20(27)14-31-23-25-17-12-13-30-21(17)22(28)26(23)18-10-6-7-11-19(18)29-2/h4-13H,3,14H2,1-2H3,(H,24,27). The molecule has 0 radical (unpaired) electrons. The number of anilines is 1. The van der Waals surface area contributed by atoms with Crippen LogP contribution in [0.15, 0.2) is 69.9 Å². The maximum atomic E-state index is 13.3. The molecule has 6 nitrogen and oxygen atoms in total. The second-order valence-electron chi connectivity index (χ2n) is 6.69. The van der Waals surface area contributed by atoms with Crippen LogP contribution in [0.2, 0.25) is 0 Å². The van der Waals surface area contributed by atoms with Crippen LogP contribution in [-0.4, -0.2) is 28.3 Å². The normalized spacial score (nSPS) is 10.9. The number of aryl methyl sites for hydroxylation is 1. The summed E-state index contributed by atoms with van der Waals surface area (Å²) in [6.07, 6.45) is 0.827. The molecule has 0 aliphatic rings. The molecule has 4 rings (SSSR count). The first kappa shape index (κ1) is 21.1. The number of fused-ring (bicyclic) bond motifs is 1. The lowest BCUT2D eigenvalue weighted by Crippen LogP contribution is -2.22. The van der Waals surface area contributed by atoms with Crippen molar-refractivity contribution in [2.24, 2.45) is 0 Å². The highest BCUT2D eigenvalue weighted by atomic mass is 32.2. The first-order chi connectivity index (χ1) is 15.1. The van der Waals surface area contributed by atoms with E-state index in [1.165, 1.54) is 27.7 Å². The first-order valence-corrected chi connectivity index (χ1v) is 11.6. The minimum Gasteiger partial charge on any atom is -0.495 e. The lowest BCUT2D eigenvalue weighted by Gasteiger charge is -2.15. The molecule has 158 valence electrons. The van der Waals surface area contributed by atoms with Crippen LogP contribution in [0, 0.1) is 0 Å². The Bertz CT molecular complexity index is 1300. The van der Waals surface area contributed by atoms with E-state index in [-0.39, 0.29) is 17.2 Å². The predicted molar refractivity (Wildman–Crippen MR) is 127 cm³/mol. The van der Waals surface area contributed by atoms with Gasteiger partial charge in [0.2, 0.25) is 5.91 Å². The molecule has 1 amide bonds. The Balaban J connectivity index is 1.67. The van der Waals surface area contributed by atoms with Gasteiger partial charge in [0.25, 0.3) is 5.56 Å². The van der Waals surface area contributed by atoms with Crippen molar-refractivity contribution in [3.05, 3.63) is 75.9 Å². The van der Waals surface area contributed by atoms with Gasteiger partial charge in [-0.1, -0.05) is 49.0 Å². The number of thioether (sulfide) groups is 1. The summed E-state index contributed by atoms with van der Waals surface area (Å²) in [6.45, 7) is 2.05. The fourth-order valence-corrected chi connectivity index (χ4v) is 4.85. The van der Waals surface area contributed by atoms with Gasteiger partial charge in [0.15, 0.2) is 5.16 Å². The maximum Gasteiger partial charge on any atom is 0.276 e. The van der Waals surface area contributed by atoms with Crippen molar-refractivity contribution in [3.63, 3.8) is 0 Å². The van der Waals surface area contributed by atoms with Gasteiger partial charge in [-0.15, -0.1) is 11.3 Å². The fourth-order valence-electron chi connectivity index (χ4n) is 3.28. The summed E-state index contributed by atoms with van der Waals surface area (Å²) in [7, 11) is 1.56. The minimum atomic E-state index is -0.177. The highest BCUT2D eigenvalue weighted by molar-refractivity contribution is 7.99. The Hall–Kier alpha value is -3.10. The number of hydrogen-bond acceptors (Lipinski definition) is 6. The number of thiophene rings is 1. The Morgan fingerprint density at radius 3 is 2.74 bits per heavy atom. The average Bonchev–Trinajstić information content (AvgIpc) is 3.27. The van der Waals surface area contributed by atoms with E-state index in [1.807, 2.05) is 60.8 Å². The number of carbonyl (C=O) groups is 1. The molecular formula is C23H21N3O3S2. The number of rotatable bonds is 7. The molecule has 0 saturated carbocycles.